The Morgan fingerprint density at radius 2 is 2.05 bits per heavy atom. The number of aromatic nitrogens is 1. The SMILES string of the molecule is CCOc1cccnc1NC1CCc2ccccc2C1. The lowest BCUT2D eigenvalue weighted by molar-refractivity contribution is 0.340. The molecule has 1 aliphatic rings. The first-order valence-electron chi connectivity index (χ1n) is 7.28. The monoisotopic (exact) mass is 268 g/mol. The summed E-state index contributed by atoms with van der Waals surface area (Å²) in [7, 11) is 0. The van der Waals surface area contributed by atoms with Gasteiger partial charge in [0.2, 0.25) is 0 Å². The van der Waals surface area contributed by atoms with Crippen LogP contribution in [0.4, 0.5) is 5.82 Å². The minimum absolute atomic E-state index is 0.430. The zero-order valence-corrected chi connectivity index (χ0v) is 11.8. The molecule has 3 nitrogen and oxygen atoms in total. The summed E-state index contributed by atoms with van der Waals surface area (Å²) >= 11 is 0. The predicted octanol–water partition coefficient (Wildman–Crippen LogP) is 3.45. The molecule has 0 saturated carbocycles. The molecule has 1 aromatic heterocycles. The fraction of sp³-hybridized carbons (Fsp3) is 0.353. The van der Waals surface area contributed by atoms with Gasteiger partial charge < -0.3 is 10.1 Å². The fourth-order valence-electron chi connectivity index (χ4n) is 2.79. The summed E-state index contributed by atoms with van der Waals surface area (Å²) < 4.78 is 5.62. The van der Waals surface area contributed by atoms with Gasteiger partial charge in [-0.25, -0.2) is 4.98 Å². The maximum absolute atomic E-state index is 5.62. The fourth-order valence-corrected chi connectivity index (χ4v) is 2.79. The number of fused-ring (bicyclic) bond motifs is 1. The van der Waals surface area contributed by atoms with Crippen molar-refractivity contribution in [2.75, 3.05) is 11.9 Å². The molecule has 0 spiro atoms. The van der Waals surface area contributed by atoms with Crippen molar-refractivity contribution in [1.29, 1.82) is 0 Å². The van der Waals surface area contributed by atoms with Gasteiger partial charge in [0.05, 0.1) is 6.61 Å². The summed E-state index contributed by atoms with van der Waals surface area (Å²) in [4.78, 5) is 4.41. The Labute approximate surface area is 120 Å². The molecule has 2 aromatic rings. The molecule has 1 aromatic carbocycles. The second-order valence-electron chi connectivity index (χ2n) is 5.14. The third-order valence-electron chi connectivity index (χ3n) is 3.76. The molecule has 1 atom stereocenters. The van der Waals surface area contributed by atoms with E-state index in [2.05, 4.69) is 34.6 Å². The predicted molar refractivity (Wildman–Crippen MR) is 81.3 cm³/mol. The number of benzene rings is 1. The Kier molecular flexibility index (Phi) is 3.86. The summed E-state index contributed by atoms with van der Waals surface area (Å²) in [6.45, 7) is 2.65. The molecular formula is C17H20N2O. The van der Waals surface area contributed by atoms with Gasteiger partial charge >= 0.3 is 0 Å². The van der Waals surface area contributed by atoms with Crippen LogP contribution in [-0.4, -0.2) is 17.6 Å². The number of ether oxygens (including phenoxy) is 1. The molecule has 104 valence electrons. The Hall–Kier alpha value is -2.03. The lowest BCUT2D eigenvalue weighted by Gasteiger charge is -2.26. The van der Waals surface area contributed by atoms with Crippen molar-refractivity contribution in [3.63, 3.8) is 0 Å². The molecule has 0 aliphatic heterocycles. The summed E-state index contributed by atoms with van der Waals surface area (Å²) in [5, 5.41) is 3.54. The van der Waals surface area contributed by atoms with Gasteiger partial charge in [-0.2, -0.15) is 0 Å². The first kappa shape index (κ1) is 13.0. The highest BCUT2D eigenvalue weighted by Crippen LogP contribution is 2.27. The Bertz CT molecular complexity index is 583. The van der Waals surface area contributed by atoms with Gasteiger partial charge in [-0.3, -0.25) is 0 Å². The van der Waals surface area contributed by atoms with E-state index in [9.17, 15) is 0 Å². The minimum Gasteiger partial charge on any atom is -0.490 e. The van der Waals surface area contributed by atoms with E-state index in [0.717, 1.165) is 30.8 Å². The maximum Gasteiger partial charge on any atom is 0.168 e. The molecule has 1 heterocycles. The van der Waals surface area contributed by atoms with Crippen LogP contribution in [0, 0.1) is 0 Å². The Morgan fingerprint density at radius 1 is 1.20 bits per heavy atom. The summed E-state index contributed by atoms with van der Waals surface area (Å²) in [5.41, 5.74) is 2.93. The molecule has 0 radical (unpaired) electrons. The maximum atomic E-state index is 5.62. The summed E-state index contributed by atoms with van der Waals surface area (Å²) in [6.07, 6.45) is 5.13. The van der Waals surface area contributed by atoms with E-state index < -0.39 is 0 Å². The van der Waals surface area contributed by atoms with E-state index in [-0.39, 0.29) is 0 Å². The normalized spacial score (nSPS) is 17.4. The number of rotatable bonds is 4. The van der Waals surface area contributed by atoms with Crippen LogP contribution in [-0.2, 0) is 12.8 Å². The lowest BCUT2D eigenvalue weighted by atomic mass is 9.88. The first-order chi connectivity index (χ1) is 9.86. The zero-order valence-electron chi connectivity index (χ0n) is 11.8. The van der Waals surface area contributed by atoms with Crippen LogP contribution in [0.5, 0.6) is 5.75 Å². The zero-order chi connectivity index (χ0) is 13.8. The van der Waals surface area contributed by atoms with Crippen molar-refractivity contribution in [3.05, 3.63) is 53.7 Å². The van der Waals surface area contributed by atoms with Crippen LogP contribution in [0.25, 0.3) is 0 Å². The van der Waals surface area contributed by atoms with E-state index in [1.165, 1.54) is 11.1 Å². The average Bonchev–Trinajstić information content (AvgIpc) is 2.49. The number of nitrogens with one attached hydrogen (secondary N) is 1. The Morgan fingerprint density at radius 3 is 2.90 bits per heavy atom. The third-order valence-corrected chi connectivity index (χ3v) is 3.76. The van der Waals surface area contributed by atoms with Crippen LogP contribution in [0.3, 0.4) is 0 Å². The van der Waals surface area contributed by atoms with E-state index in [1.807, 2.05) is 25.3 Å². The van der Waals surface area contributed by atoms with E-state index in [4.69, 9.17) is 4.74 Å². The second kappa shape index (κ2) is 5.95. The molecule has 1 aliphatic carbocycles. The largest absolute Gasteiger partial charge is 0.490 e. The molecular weight excluding hydrogens is 248 g/mol. The number of nitrogens with zero attached hydrogens (tertiary/aromatic N) is 1. The van der Waals surface area contributed by atoms with E-state index >= 15 is 0 Å². The van der Waals surface area contributed by atoms with Gasteiger partial charge in [-0.05, 0) is 49.4 Å². The van der Waals surface area contributed by atoms with Gasteiger partial charge in [0.1, 0.15) is 0 Å². The minimum atomic E-state index is 0.430. The standard InChI is InChI=1S/C17H20N2O/c1-2-20-16-8-5-11-18-17(16)19-15-10-9-13-6-3-4-7-14(13)12-15/h3-8,11,15H,2,9-10,12H2,1H3,(H,18,19). The summed E-state index contributed by atoms with van der Waals surface area (Å²) in [6, 6.07) is 13.0. The van der Waals surface area contributed by atoms with Crippen LogP contribution in [0.1, 0.15) is 24.5 Å². The number of anilines is 1. The highest BCUT2D eigenvalue weighted by atomic mass is 16.5. The number of pyridine rings is 1. The van der Waals surface area contributed by atoms with Gasteiger partial charge in [0.25, 0.3) is 0 Å². The van der Waals surface area contributed by atoms with Crippen molar-refractivity contribution in [1.82, 2.24) is 4.98 Å². The van der Waals surface area contributed by atoms with Crippen molar-refractivity contribution in [3.8, 4) is 5.75 Å². The first-order valence-corrected chi connectivity index (χ1v) is 7.28. The topological polar surface area (TPSA) is 34.1 Å². The van der Waals surface area contributed by atoms with Crippen molar-refractivity contribution < 1.29 is 4.74 Å². The number of hydrogen-bond acceptors (Lipinski definition) is 3. The molecule has 0 fully saturated rings. The molecule has 0 bridgehead atoms. The molecule has 1 N–H and O–H groups in total. The second-order valence-corrected chi connectivity index (χ2v) is 5.14. The smallest absolute Gasteiger partial charge is 0.168 e. The van der Waals surface area contributed by atoms with Crippen LogP contribution < -0.4 is 10.1 Å². The average molecular weight is 268 g/mol. The van der Waals surface area contributed by atoms with Crippen molar-refractivity contribution in [2.24, 2.45) is 0 Å². The molecule has 20 heavy (non-hydrogen) atoms. The molecule has 0 saturated heterocycles. The molecule has 0 amide bonds. The van der Waals surface area contributed by atoms with Crippen molar-refractivity contribution >= 4 is 5.82 Å². The van der Waals surface area contributed by atoms with Gasteiger partial charge in [0.15, 0.2) is 11.6 Å². The van der Waals surface area contributed by atoms with Gasteiger partial charge in [0, 0.05) is 12.2 Å². The van der Waals surface area contributed by atoms with E-state index in [0.29, 0.717) is 12.6 Å². The van der Waals surface area contributed by atoms with Gasteiger partial charge in [-0.1, -0.05) is 24.3 Å². The Balaban J connectivity index is 1.74. The highest BCUT2D eigenvalue weighted by molar-refractivity contribution is 5.50. The quantitative estimate of drug-likeness (QED) is 0.922. The number of hydrogen-bond donors (Lipinski definition) is 1. The third kappa shape index (κ3) is 2.77. The number of aryl methyl sites for hydroxylation is 1. The van der Waals surface area contributed by atoms with E-state index in [1.54, 1.807) is 0 Å². The lowest BCUT2D eigenvalue weighted by Crippen LogP contribution is -2.28. The highest BCUT2D eigenvalue weighted by Gasteiger charge is 2.19. The van der Waals surface area contributed by atoms with Crippen molar-refractivity contribution in [2.45, 2.75) is 32.2 Å². The van der Waals surface area contributed by atoms with Crippen LogP contribution in [0.2, 0.25) is 0 Å². The molecule has 1 unspecified atom stereocenters. The van der Waals surface area contributed by atoms with Crippen LogP contribution >= 0.6 is 0 Å². The van der Waals surface area contributed by atoms with Crippen LogP contribution in [0.15, 0.2) is 42.6 Å². The molecule has 3 rings (SSSR count). The summed E-state index contributed by atoms with van der Waals surface area (Å²) in [5.74, 6) is 1.70. The molecule has 3 heteroatoms. The van der Waals surface area contributed by atoms with Gasteiger partial charge in [-0.15, -0.1) is 0 Å².